The zero-order valence-corrected chi connectivity index (χ0v) is 13.2. The van der Waals surface area contributed by atoms with E-state index in [2.05, 4.69) is 28.5 Å². The molecule has 4 heteroatoms. The second-order valence-electron chi connectivity index (χ2n) is 5.53. The third-order valence-electron chi connectivity index (χ3n) is 3.97. The van der Waals surface area contributed by atoms with Gasteiger partial charge in [-0.15, -0.1) is 0 Å². The molecule has 1 aromatic carbocycles. The molecular weight excluding hydrogens is 276 g/mol. The number of pyridine rings is 1. The molecule has 0 fully saturated rings. The summed E-state index contributed by atoms with van der Waals surface area (Å²) in [5.74, 6) is 0.816. The van der Waals surface area contributed by atoms with E-state index in [9.17, 15) is 0 Å². The summed E-state index contributed by atoms with van der Waals surface area (Å²) in [6, 6.07) is 8.14. The van der Waals surface area contributed by atoms with E-state index in [1.807, 2.05) is 19.1 Å². The van der Waals surface area contributed by atoms with Gasteiger partial charge >= 0.3 is 0 Å². The number of nitrogens with zero attached hydrogens (tertiary/aromatic N) is 1. The van der Waals surface area contributed by atoms with Gasteiger partial charge in [0.25, 0.3) is 0 Å². The summed E-state index contributed by atoms with van der Waals surface area (Å²) in [5, 5.41) is 4.65. The fraction of sp³-hybridized carbons (Fsp3) is 0.389. The average Bonchev–Trinajstić information content (AvgIpc) is 2.55. The number of para-hydroxylation sites is 1. The van der Waals surface area contributed by atoms with Gasteiger partial charge in [0.1, 0.15) is 11.3 Å². The molecule has 3 rings (SSSR count). The topological polar surface area (TPSA) is 43.4 Å². The third-order valence-corrected chi connectivity index (χ3v) is 3.97. The van der Waals surface area contributed by atoms with Crippen LogP contribution in [0, 0.1) is 6.92 Å². The summed E-state index contributed by atoms with van der Waals surface area (Å²) in [6.45, 7) is 4.53. The smallest absolute Gasteiger partial charge is 0.145 e. The van der Waals surface area contributed by atoms with Crippen LogP contribution in [0.1, 0.15) is 18.5 Å². The van der Waals surface area contributed by atoms with Gasteiger partial charge in [-0.05, 0) is 31.9 Å². The first-order chi connectivity index (χ1) is 10.8. The maximum atomic E-state index is 5.42. The average molecular weight is 298 g/mol. The van der Waals surface area contributed by atoms with Crippen LogP contribution in [0.5, 0.6) is 5.75 Å². The number of aryl methyl sites for hydroxylation is 1. The molecule has 0 bridgehead atoms. The maximum Gasteiger partial charge on any atom is 0.145 e. The Morgan fingerprint density at radius 2 is 2.27 bits per heavy atom. The van der Waals surface area contributed by atoms with Crippen LogP contribution in [0.4, 0.5) is 5.69 Å². The van der Waals surface area contributed by atoms with E-state index in [4.69, 9.17) is 9.47 Å². The Bertz CT molecular complexity index is 695. The number of fused-ring (bicyclic) bond motifs is 1. The lowest BCUT2D eigenvalue weighted by Crippen LogP contribution is -2.09. The molecule has 0 amide bonds. The number of methoxy groups -OCH3 is 1. The summed E-state index contributed by atoms with van der Waals surface area (Å²) in [6.07, 6.45) is 4.30. The lowest BCUT2D eigenvalue weighted by molar-refractivity contribution is 0.153. The van der Waals surface area contributed by atoms with Gasteiger partial charge in [-0.25, -0.2) is 4.98 Å². The molecule has 116 valence electrons. The number of hydrogen-bond acceptors (Lipinski definition) is 4. The second-order valence-corrected chi connectivity index (χ2v) is 5.53. The van der Waals surface area contributed by atoms with Gasteiger partial charge in [0.2, 0.25) is 0 Å². The van der Waals surface area contributed by atoms with Crippen LogP contribution in [-0.4, -0.2) is 31.9 Å². The van der Waals surface area contributed by atoms with Gasteiger partial charge in [0.15, 0.2) is 0 Å². The van der Waals surface area contributed by atoms with Crippen molar-refractivity contribution in [2.24, 2.45) is 0 Å². The lowest BCUT2D eigenvalue weighted by atomic mass is 10.1. The van der Waals surface area contributed by atoms with E-state index >= 15 is 0 Å². The number of ether oxygens (including phenoxy) is 2. The van der Waals surface area contributed by atoms with Gasteiger partial charge in [-0.1, -0.05) is 23.8 Å². The van der Waals surface area contributed by atoms with Crippen LogP contribution in [0.25, 0.3) is 10.9 Å². The molecule has 0 atom stereocenters. The molecule has 1 aromatic heterocycles. The van der Waals surface area contributed by atoms with Crippen molar-refractivity contribution in [2.75, 3.05) is 32.2 Å². The van der Waals surface area contributed by atoms with Crippen molar-refractivity contribution in [1.29, 1.82) is 0 Å². The predicted octanol–water partition coefficient (Wildman–Crippen LogP) is 3.70. The number of nitrogens with one attached hydrogen (secondary N) is 1. The molecule has 1 N–H and O–H groups in total. The number of aromatic nitrogens is 1. The van der Waals surface area contributed by atoms with E-state index in [0.717, 1.165) is 60.6 Å². The summed E-state index contributed by atoms with van der Waals surface area (Å²) >= 11 is 0. The fourth-order valence-electron chi connectivity index (χ4n) is 2.81. The number of anilines is 1. The first kappa shape index (κ1) is 14.9. The Hall–Kier alpha value is -2.07. The summed E-state index contributed by atoms with van der Waals surface area (Å²) < 4.78 is 10.8. The Morgan fingerprint density at radius 3 is 3.05 bits per heavy atom. The molecular formula is C18H22N2O2. The zero-order chi connectivity index (χ0) is 15.4. The highest BCUT2D eigenvalue weighted by Crippen LogP contribution is 2.30. The van der Waals surface area contributed by atoms with Crippen molar-refractivity contribution >= 4 is 16.6 Å². The molecule has 2 heterocycles. The molecule has 0 unspecified atom stereocenters. The Morgan fingerprint density at radius 1 is 1.36 bits per heavy atom. The maximum absolute atomic E-state index is 5.42. The molecule has 4 nitrogen and oxygen atoms in total. The molecule has 2 aromatic rings. The van der Waals surface area contributed by atoms with Crippen LogP contribution >= 0.6 is 0 Å². The van der Waals surface area contributed by atoms with Crippen molar-refractivity contribution in [1.82, 2.24) is 4.98 Å². The predicted molar refractivity (Wildman–Crippen MR) is 89.7 cm³/mol. The summed E-state index contributed by atoms with van der Waals surface area (Å²) in [7, 11) is 1.68. The summed E-state index contributed by atoms with van der Waals surface area (Å²) in [5.41, 5.74) is 4.50. The largest absolute Gasteiger partial charge is 0.494 e. The Kier molecular flexibility index (Phi) is 4.59. The second kappa shape index (κ2) is 6.79. The Balaban J connectivity index is 1.79. The minimum atomic E-state index is 0.754. The standard InChI is InChI=1S/C18H22N2O2/c1-13-12-16(19-9-6-14-7-10-22-11-8-14)15-4-3-5-17(21-2)18(15)20-13/h3-5,7,12H,6,8-11H2,1-2H3,(H,19,20). The highest BCUT2D eigenvalue weighted by Gasteiger charge is 2.09. The zero-order valence-electron chi connectivity index (χ0n) is 13.2. The van der Waals surface area contributed by atoms with E-state index in [-0.39, 0.29) is 0 Å². The van der Waals surface area contributed by atoms with E-state index < -0.39 is 0 Å². The van der Waals surface area contributed by atoms with Gasteiger partial charge in [-0.3, -0.25) is 0 Å². The number of benzene rings is 1. The van der Waals surface area contributed by atoms with Crippen LogP contribution < -0.4 is 10.1 Å². The first-order valence-electron chi connectivity index (χ1n) is 7.72. The van der Waals surface area contributed by atoms with Crippen molar-refractivity contribution in [3.63, 3.8) is 0 Å². The van der Waals surface area contributed by atoms with Gasteiger partial charge in [-0.2, -0.15) is 0 Å². The van der Waals surface area contributed by atoms with Gasteiger partial charge in [0, 0.05) is 23.3 Å². The molecule has 0 saturated carbocycles. The van der Waals surface area contributed by atoms with Crippen molar-refractivity contribution in [3.8, 4) is 5.75 Å². The molecule has 0 aliphatic carbocycles. The molecule has 0 saturated heterocycles. The third kappa shape index (κ3) is 3.22. The van der Waals surface area contributed by atoms with Crippen molar-refractivity contribution in [3.05, 3.63) is 41.6 Å². The first-order valence-corrected chi connectivity index (χ1v) is 7.72. The molecule has 0 radical (unpaired) electrons. The van der Waals surface area contributed by atoms with Gasteiger partial charge in [0.05, 0.1) is 20.3 Å². The van der Waals surface area contributed by atoms with Crippen molar-refractivity contribution in [2.45, 2.75) is 19.8 Å². The van der Waals surface area contributed by atoms with E-state index in [1.54, 1.807) is 7.11 Å². The van der Waals surface area contributed by atoms with Crippen LogP contribution in [0.2, 0.25) is 0 Å². The highest BCUT2D eigenvalue weighted by atomic mass is 16.5. The molecule has 0 spiro atoms. The molecule has 22 heavy (non-hydrogen) atoms. The number of rotatable bonds is 5. The van der Waals surface area contributed by atoms with Crippen LogP contribution in [0.3, 0.4) is 0 Å². The highest BCUT2D eigenvalue weighted by molar-refractivity contribution is 5.95. The van der Waals surface area contributed by atoms with E-state index in [1.165, 1.54) is 5.57 Å². The fourth-order valence-corrected chi connectivity index (χ4v) is 2.81. The monoisotopic (exact) mass is 298 g/mol. The normalized spacial score (nSPS) is 14.7. The molecule has 1 aliphatic rings. The van der Waals surface area contributed by atoms with Crippen LogP contribution in [-0.2, 0) is 4.74 Å². The van der Waals surface area contributed by atoms with Crippen molar-refractivity contribution < 1.29 is 9.47 Å². The lowest BCUT2D eigenvalue weighted by Gasteiger charge is -2.15. The minimum Gasteiger partial charge on any atom is -0.494 e. The van der Waals surface area contributed by atoms with Crippen LogP contribution in [0.15, 0.2) is 35.9 Å². The Labute approximate surface area is 131 Å². The molecule has 1 aliphatic heterocycles. The quantitative estimate of drug-likeness (QED) is 0.855. The SMILES string of the molecule is COc1cccc2c(NCCC3=CCOCC3)cc(C)nc12. The minimum absolute atomic E-state index is 0.754. The number of hydrogen-bond donors (Lipinski definition) is 1. The van der Waals surface area contributed by atoms with Gasteiger partial charge < -0.3 is 14.8 Å². The summed E-state index contributed by atoms with van der Waals surface area (Å²) in [4.78, 5) is 4.61. The van der Waals surface area contributed by atoms with E-state index in [0.29, 0.717) is 0 Å².